The molecular weight excluding hydrogens is 260 g/mol. The second-order valence-electron chi connectivity index (χ2n) is 4.18. The minimum atomic E-state index is -0.427. The van der Waals surface area contributed by atoms with Crippen LogP contribution >= 0.6 is 0 Å². The highest BCUT2D eigenvalue weighted by Gasteiger charge is 2.15. The zero-order valence-electron chi connectivity index (χ0n) is 11.4. The molecule has 106 valence electrons. The van der Waals surface area contributed by atoms with Crippen LogP contribution in [0, 0.1) is 10.1 Å². The molecule has 0 fully saturated rings. The van der Waals surface area contributed by atoms with Gasteiger partial charge in [0.1, 0.15) is 17.3 Å². The Morgan fingerprint density at radius 3 is 2.90 bits per heavy atom. The molecule has 0 unspecified atom stereocenters. The molecule has 0 radical (unpaired) electrons. The first-order chi connectivity index (χ1) is 9.61. The molecule has 0 amide bonds. The minimum absolute atomic E-state index is 0.00911. The van der Waals surface area contributed by atoms with Crippen LogP contribution in [0.15, 0.2) is 30.6 Å². The van der Waals surface area contributed by atoms with E-state index in [1.807, 2.05) is 24.7 Å². The number of aryl methyl sites for hydroxylation is 1. The van der Waals surface area contributed by atoms with Crippen molar-refractivity contribution in [3.63, 3.8) is 0 Å². The van der Waals surface area contributed by atoms with Gasteiger partial charge in [0, 0.05) is 19.4 Å². The first-order valence-corrected chi connectivity index (χ1v) is 6.23. The van der Waals surface area contributed by atoms with E-state index < -0.39 is 4.92 Å². The molecule has 0 spiro atoms. The van der Waals surface area contributed by atoms with Gasteiger partial charge in [-0.2, -0.15) is 0 Å². The Hall–Kier alpha value is -2.57. The van der Waals surface area contributed by atoms with Gasteiger partial charge in [0.05, 0.1) is 24.1 Å². The predicted molar refractivity (Wildman–Crippen MR) is 74.8 cm³/mol. The number of hydrogen-bond acceptors (Lipinski definition) is 5. The Labute approximate surface area is 116 Å². The molecule has 20 heavy (non-hydrogen) atoms. The number of nitro benzene ring substituents is 1. The number of anilines is 1. The largest absolute Gasteiger partial charge is 0.494 e. The van der Waals surface area contributed by atoms with E-state index in [1.165, 1.54) is 6.07 Å². The summed E-state index contributed by atoms with van der Waals surface area (Å²) in [5, 5.41) is 14.1. The fourth-order valence-corrected chi connectivity index (χ4v) is 1.81. The van der Waals surface area contributed by atoms with Crippen molar-refractivity contribution >= 4 is 11.4 Å². The molecule has 0 aliphatic heterocycles. The number of hydrogen-bond donors (Lipinski definition) is 1. The van der Waals surface area contributed by atoms with Gasteiger partial charge < -0.3 is 14.6 Å². The van der Waals surface area contributed by atoms with Crippen LogP contribution in [0.4, 0.5) is 11.4 Å². The normalized spacial score (nSPS) is 10.3. The molecular formula is C13H16N4O3. The summed E-state index contributed by atoms with van der Waals surface area (Å²) in [5.41, 5.74) is 0.437. The van der Waals surface area contributed by atoms with E-state index in [2.05, 4.69) is 10.3 Å². The smallest absolute Gasteiger partial charge is 0.296 e. The van der Waals surface area contributed by atoms with Crippen molar-refractivity contribution in [3.8, 4) is 5.75 Å². The van der Waals surface area contributed by atoms with E-state index in [0.29, 0.717) is 24.6 Å². The molecule has 0 atom stereocenters. The minimum Gasteiger partial charge on any atom is -0.494 e. The van der Waals surface area contributed by atoms with E-state index in [0.717, 1.165) is 5.82 Å². The average Bonchev–Trinajstić information content (AvgIpc) is 2.83. The van der Waals surface area contributed by atoms with Crippen molar-refractivity contribution in [1.29, 1.82) is 0 Å². The molecule has 7 heteroatoms. The van der Waals surface area contributed by atoms with Crippen LogP contribution in [0.25, 0.3) is 0 Å². The van der Waals surface area contributed by atoms with Crippen molar-refractivity contribution in [2.75, 3.05) is 11.9 Å². The van der Waals surface area contributed by atoms with Gasteiger partial charge in [-0.25, -0.2) is 4.98 Å². The molecule has 1 aromatic carbocycles. The quantitative estimate of drug-likeness (QED) is 0.646. The lowest BCUT2D eigenvalue weighted by molar-refractivity contribution is -0.384. The zero-order valence-corrected chi connectivity index (χ0v) is 11.4. The Morgan fingerprint density at radius 1 is 1.50 bits per heavy atom. The van der Waals surface area contributed by atoms with Crippen LogP contribution in [0.2, 0.25) is 0 Å². The Kier molecular flexibility index (Phi) is 4.19. The van der Waals surface area contributed by atoms with Crippen LogP contribution in [0.1, 0.15) is 12.7 Å². The first-order valence-electron chi connectivity index (χ1n) is 6.23. The third-order valence-electron chi connectivity index (χ3n) is 2.83. The highest BCUT2D eigenvalue weighted by Crippen LogP contribution is 2.29. The van der Waals surface area contributed by atoms with E-state index >= 15 is 0 Å². The summed E-state index contributed by atoms with van der Waals surface area (Å²) in [6.07, 6.45) is 3.51. The van der Waals surface area contributed by atoms with Crippen LogP contribution in [-0.4, -0.2) is 21.1 Å². The molecule has 0 aliphatic carbocycles. The lowest BCUT2D eigenvalue weighted by atomic mass is 10.2. The SMILES string of the molecule is CCOc1ccc(NCc2nccn2C)c([N+](=O)[O-])c1. The summed E-state index contributed by atoms with van der Waals surface area (Å²) >= 11 is 0. The van der Waals surface area contributed by atoms with Gasteiger partial charge in [-0.15, -0.1) is 0 Å². The van der Waals surface area contributed by atoms with Crippen LogP contribution in [-0.2, 0) is 13.6 Å². The standard InChI is InChI=1S/C13H16N4O3/c1-3-20-10-4-5-11(12(8-10)17(18)19)15-9-13-14-6-7-16(13)2/h4-8,15H,3,9H2,1-2H3. The number of aromatic nitrogens is 2. The van der Waals surface area contributed by atoms with Crippen molar-refractivity contribution in [2.24, 2.45) is 7.05 Å². The molecule has 0 saturated heterocycles. The maximum atomic E-state index is 11.1. The van der Waals surface area contributed by atoms with E-state index in [4.69, 9.17) is 4.74 Å². The predicted octanol–water partition coefficient (Wildman–Crippen LogP) is 2.34. The van der Waals surface area contributed by atoms with Crippen molar-refractivity contribution in [3.05, 3.63) is 46.5 Å². The highest BCUT2D eigenvalue weighted by atomic mass is 16.6. The van der Waals surface area contributed by atoms with Gasteiger partial charge >= 0.3 is 0 Å². The molecule has 2 rings (SSSR count). The monoisotopic (exact) mass is 276 g/mol. The number of nitrogens with one attached hydrogen (secondary N) is 1. The highest BCUT2D eigenvalue weighted by molar-refractivity contribution is 5.63. The summed E-state index contributed by atoms with van der Waals surface area (Å²) < 4.78 is 7.13. The topological polar surface area (TPSA) is 82.2 Å². The summed E-state index contributed by atoms with van der Waals surface area (Å²) in [4.78, 5) is 14.8. The fraction of sp³-hybridized carbons (Fsp3) is 0.308. The molecule has 1 N–H and O–H groups in total. The number of nitro groups is 1. The first kappa shape index (κ1) is 13.9. The summed E-state index contributed by atoms with van der Waals surface area (Å²) in [5.74, 6) is 1.29. The van der Waals surface area contributed by atoms with Gasteiger partial charge in [0.25, 0.3) is 5.69 Å². The van der Waals surface area contributed by atoms with Crippen molar-refractivity contribution < 1.29 is 9.66 Å². The molecule has 0 aliphatic rings. The summed E-state index contributed by atoms with van der Waals surface area (Å²) in [6, 6.07) is 4.77. The van der Waals surface area contributed by atoms with Crippen molar-refractivity contribution in [2.45, 2.75) is 13.5 Å². The molecule has 1 heterocycles. The van der Waals surface area contributed by atoms with Gasteiger partial charge in [0.15, 0.2) is 0 Å². The fourth-order valence-electron chi connectivity index (χ4n) is 1.81. The Morgan fingerprint density at radius 2 is 2.30 bits per heavy atom. The molecule has 7 nitrogen and oxygen atoms in total. The zero-order chi connectivity index (χ0) is 14.5. The van der Waals surface area contributed by atoms with Gasteiger partial charge in [-0.3, -0.25) is 10.1 Å². The number of rotatable bonds is 6. The Balaban J connectivity index is 2.18. The molecule has 2 aromatic rings. The molecule has 0 bridgehead atoms. The molecule has 1 aromatic heterocycles. The number of nitrogens with zero attached hydrogens (tertiary/aromatic N) is 3. The van der Waals surface area contributed by atoms with Gasteiger partial charge in [0.2, 0.25) is 0 Å². The van der Waals surface area contributed by atoms with E-state index in [-0.39, 0.29) is 5.69 Å². The Bertz CT molecular complexity index is 609. The van der Waals surface area contributed by atoms with Crippen LogP contribution in [0.3, 0.4) is 0 Å². The average molecular weight is 276 g/mol. The lowest BCUT2D eigenvalue weighted by Gasteiger charge is -2.09. The van der Waals surface area contributed by atoms with E-state index in [9.17, 15) is 10.1 Å². The maximum Gasteiger partial charge on any atom is 0.296 e. The number of ether oxygens (including phenoxy) is 1. The third kappa shape index (κ3) is 3.05. The van der Waals surface area contributed by atoms with Gasteiger partial charge in [-0.1, -0.05) is 0 Å². The van der Waals surface area contributed by atoms with Crippen LogP contribution < -0.4 is 10.1 Å². The molecule has 0 saturated carbocycles. The second kappa shape index (κ2) is 6.05. The lowest BCUT2D eigenvalue weighted by Crippen LogP contribution is -2.07. The van der Waals surface area contributed by atoms with Crippen LogP contribution in [0.5, 0.6) is 5.75 Å². The summed E-state index contributed by atoms with van der Waals surface area (Å²) in [7, 11) is 1.87. The summed E-state index contributed by atoms with van der Waals surface area (Å²) in [6.45, 7) is 2.72. The number of benzene rings is 1. The maximum absolute atomic E-state index is 11.1. The second-order valence-corrected chi connectivity index (χ2v) is 4.18. The van der Waals surface area contributed by atoms with Crippen molar-refractivity contribution in [1.82, 2.24) is 9.55 Å². The van der Waals surface area contributed by atoms with E-state index in [1.54, 1.807) is 18.3 Å². The van der Waals surface area contributed by atoms with Gasteiger partial charge in [-0.05, 0) is 19.1 Å². The number of imidazole rings is 1. The third-order valence-corrected chi connectivity index (χ3v) is 2.83.